The first-order valence-corrected chi connectivity index (χ1v) is 8.92. The zero-order chi connectivity index (χ0) is 17.5. The molecule has 1 aromatic heterocycles. The molecular formula is C18H29N3O3. The third-order valence-corrected chi connectivity index (χ3v) is 5.61. The van der Waals surface area contributed by atoms with Crippen LogP contribution in [0.2, 0.25) is 0 Å². The molecule has 2 fully saturated rings. The van der Waals surface area contributed by atoms with Gasteiger partial charge in [-0.2, -0.15) is 5.10 Å². The second kappa shape index (κ2) is 6.15. The minimum atomic E-state index is -0.296. The van der Waals surface area contributed by atoms with Gasteiger partial charge in [0, 0.05) is 37.7 Å². The van der Waals surface area contributed by atoms with E-state index in [1.54, 1.807) is 6.20 Å². The molecule has 2 heterocycles. The zero-order valence-corrected chi connectivity index (χ0v) is 15.2. The summed E-state index contributed by atoms with van der Waals surface area (Å²) in [4.78, 5) is 14.6. The SMILES string of the molecule is CCO[C@@H]1C[C@@H](O)C12CCN(C(=O)c1cnn(C(C)(C)C)c1)CC2. The molecule has 0 aromatic carbocycles. The van der Waals surface area contributed by atoms with Crippen LogP contribution in [0.25, 0.3) is 0 Å². The normalized spacial score (nSPS) is 26.5. The molecule has 2 atom stereocenters. The first-order valence-electron chi connectivity index (χ1n) is 8.92. The molecule has 3 rings (SSSR count). The second-order valence-electron chi connectivity index (χ2n) is 8.07. The molecule has 1 spiro atoms. The van der Waals surface area contributed by atoms with E-state index < -0.39 is 0 Å². The van der Waals surface area contributed by atoms with Gasteiger partial charge >= 0.3 is 0 Å². The lowest BCUT2D eigenvalue weighted by molar-refractivity contribution is -0.207. The fourth-order valence-corrected chi connectivity index (χ4v) is 3.93. The van der Waals surface area contributed by atoms with Crippen molar-refractivity contribution in [1.82, 2.24) is 14.7 Å². The number of aliphatic hydroxyl groups excluding tert-OH is 1. The molecule has 2 aliphatic rings. The highest BCUT2D eigenvalue weighted by atomic mass is 16.5. The van der Waals surface area contributed by atoms with Gasteiger partial charge < -0.3 is 14.7 Å². The third-order valence-electron chi connectivity index (χ3n) is 5.61. The first-order chi connectivity index (χ1) is 11.3. The van der Waals surface area contributed by atoms with Crippen molar-refractivity contribution in [3.8, 4) is 0 Å². The van der Waals surface area contributed by atoms with Crippen LogP contribution in [0.4, 0.5) is 0 Å². The van der Waals surface area contributed by atoms with Crippen LogP contribution in [0.15, 0.2) is 12.4 Å². The molecule has 0 radical (unpaired) electrons. The quantitative estimate of drug-likeness (QED) is 0.918. The number of carbonyl (C=O) groups is 1. The van der Waals surface area contributed by atoms with Crippen molar-refractivity contribution >= 4 is 5.91 Å². The van der Waals surface area contributed by atoms with Gasteiger partial charge in [0.25, 0.3) is 5.91 Å². The number of aliphatic hydroxyl groups is 1. The van der Waals surface area contributed by atoms with Crippen LogP contribution >= 0.6 is 0 Å². The molecule has 1 aromatic rings. The monoisotopic (exact) mass is 335 g/mol. The van der Waals surface area contributed by atoms with Gasteiger partial charge in [-0.15, -0.1) is 0 Å². The number of rotatable bonds is 3. The predicted octanol–water partition coefficient (Wildman–Crippen LogP) is 2.03. The number of hydrogen-bond donors (Lipinski definition) is 1. The highest BCUT2D eigenvalue weighted by Gasteiger charge is 2.56. The van der Waals surface area contributed by atoms with E-state index in [1.165, 1.54) is 0 Å². The second-order valence-corrected chi connectivity index (χ2v) is 8.07. The van der Waals surface area contributed by atoms with Crippen molar-refractivity contribution in [2.45, 2.75) is 64.7 Å². The molecule has 1 aliphatic carbocycles. The predicted molar refractivity (Wildman–Crippen MR) is 90.8 cm³/mol. The lowest BCUT2D eigenvalue weighted by atomic mass is 9.58. The number of nitrogens with zero attached hydrogens (tertiary/aromatic N) is 3. The van der Waals surface area contributed by atoms with E-state index >= 15 is 0 Å². The van der Waals surface area contributed by atoms with Crippen LogP contribution < -0.4 is 0 Å². The Morgan fingerprint density at radius 3 is 2.58 bits per heavy atom. The molecular weight excluding hydrogens is 306 g/mol. The first kappa shape index (κ1) is 17.4. The lowest BCUT2D eigenvalue weighted by Gasteiger charge is -2.56. The maximum atomic E-state index is 12.7. The van der Waals surface area contributed by atoms with E-state index in [4.69, 9.17) is 4.74 Å². The molecule has 24 heavy (non-hydrogen) atoms. The summed E-state index contributed by atoms with van der Waals surface area (Å²) < 4.78 is 7.61. The Labute approximate surface area is 143 Å². The third kappa shape index (κ3) is 2.86. The number of carbonyl (C=O) groups excluding carboxylic acids is 1. The zero-order valence-electron chi connectivity index (χ0n) is 15.2. The number of piperidine rings is 1. The van der Waals surface area contributed by atoms with Gasteiger partial charge in [0.05, 0.1) is 29.5 Å². The van der Waals surface area contributed by atoms with Crippen LogP contribution in [-0.2, 0) is 10.3 Å². The summed E-state index contributed by atoms with van der Waals surface area (Å²) in [5.41, 5.74) is 0.351. The number of likely N-dealkylation sites (tertiary alicyclic amines) is 1. The standard InChI is InChI=1S/C18H29N3O3/c1-5-24-15-10-14(22)18(15)6-8-20(9-7-18)16(23)13-11-19-21(12-13)17(2,3)4/h11-12,14-15,22H,5-10H2,1-4H3/t14-,15-/m1/s1. The maximum absolute atomic E-state index is 12.7. The van der Waals surface area contributed by atoms with Gasteiger partial charge in [0.1, 0.15) is 0 Å². The summed E-state index contributed by atoms with van der Waals surface area (Å²) in [5, 5.41) is 14.6. The van der Waals surface area contributed by atoms with Crippen LogP contribution in [0.1, 0.15) is 57.3 Å². The van der Waals surface area contributed by atoms with Gasteiger partial charge in [0.15, 0.2) is 0 Å². The summed E-state index contributed by atoms with van der Waals surface area (Å²) in [6.07, 6.45) is 5.65. The molecule has 6 heteroatoms. The number of hydrogen-bond acceptors (Lipinski definition) is 4. The van der Waals surface area contributed by atoms with E-state index in [2.05, 4.69) is 25.9 Å². The molecule has 1 amide bonds. The summed E-state index contributed by atoms with van der Waals surface area (Å²) >= 11 is 0. The summed E-state index contributed by atoms with van der Waals surface area (Å²) in [5.74, 6) is 0.0297. The largest absolute Gasteiger partial charge is 0.392 e. The Kier molecular flexibility index (Phi) is 4.47. The Balaban J connectivity index is 1.64. The molecule has 6 nitrogen and oxygen atoms in total. The van der Waals surface area contributed by atoms with Crippen LogP contribution in [-0.4, -0.2) is 57.6 Å². The molecule has 1 aliphatic heterocycles. The van der Waals surface area contributed by atoms with Gasteiger partial charge in [-0.1, -0.05) is 0 Å². The average Bonchev–Trinajstić information content (AvgIpc) is 3.04. The molecule has 1 saturated heterocycles. The fourth-order valence-electron chi connectivity index (χ4n) is 3.93. The van der Waals surface area contributed by atoms with Gasteiger partial charge in [0.2, 0.25) is 0 Å². The number of ether oxygens (including phenoxy) is 1. The highest BCUT2D eigenvalue weighted by Crippen LogP contribution is 2.51. The van der Waals surface area contributed by atoms with Gasteiger partial charge in [-0.3, -0.25) is 9.48 Å². The van der Waals surface area contributed by atoms with Crippen molar-refractivity contribution in [1.29, 1.82) is 0 Å². The van der Waals surface area contributed by atoms with Crippen molar-refractivity contribution in [2.24, 2.45) is 5.41 Å². The van der Waals surface area contributed by atoms with Crippen LogP contribution in [0.5, 0.6) is 0 Å². The van der Waals surface area contributed by atoms with Crippen LogP contribution in [0.3, 0.4) is 0 Å². The lowest BCUT2D eigenvalue weighted by Crippen LogP contribution is -2.62. The Morgan fingerprint density at radius 2 is 2.08 bits per heavy atom. The molecule has 0 bridgehead atoms. The molecule has 134 valence electrons. The van der Waals surface area contributed by atoms with Gasteiger partial charge in [-0.05, 0) is 40.5 Å². The molecule has 1 N–H and O–H groups in total. The summed E-state index contributed by atoms with van der Waals surface area (Å²) in [7, 11) is 0. The summed E-state index contributed by atoms with van der Waals surface area (Å²) in [6, 6.07) is 0. The van der Waals surface area contributed by atoms with Crippen molar-refractivity contribution < 1.29 is 14.6 Å². The smallest absolute Gasteiger partial charge is 0.257 e. The van der Waals surface area contributed by atoms with E-state index in [0.717, 1.165) is 19.3 Å². The van der Waals surface area contributed by atoms with E-state index in [-0.39, 0.29) is 29.1 Å². The van der Waals surface area contributed by atoms with Crippen molar-refractivity contribution in [3.63, 3.8) is 0 Å². The topological polar surface area (TPSA) is 67.6 Å². The number of amides is 1. The van der Waals surface area contributed by atoms with Crippen molar-refractivity contribution in [3.05, 3.63) is 18.0 Å². The number of aromatic nitrogens is 2. The maximum Gasteiger partial charge on any atom is 0.257 e. The van der Waals surface area contributed by atoms with Gasteiger partial charge in [-0.25, -0.2) is 0 Å². The molecule has 1 saturated carbocycles. The summed E-state index contributed by atoms with van der Waals surface area (Å²) in [6.45, 7) is 10.2. The highest BCUT2D eigenvalue weighted by molar-refractivity contribution is 5.93. The molecule has 0 unspecified atom stereocenters. The Morgan fingerprint density at radius 1 is 1.42 bits per heavy atom. The van der Waals surface area contributed by atoms with E-state index in [0.29, 0.717) is 25.3 Å². The van der Waals surface area contributed by atoms with E-state index in [1.807, 2.05) is 22.7 Å². The minimum Gasteiger partial charge on any atom is -0.392 e. The average molecular weight is 335 g/mol. The fraction of sp³-hybridized carbons (Fsp3) is 0.778. The Hall–Kier alpha value is -1.40. The minimum absolute atomic E-state index is 0.0297. The van der Waals surface area contributed by atoms with Crippen molar-refractivity contribution in [2.75, 3.05) is 19.7 Å². The Bertz CT molecular complexity index is 595. The van der Waals surface area contributed by atoms with E-state index in [9.17, 15) is 9.90 Å². The van der Waals surface area contributed by atoms with Crippen LogP contribution in [0, 0.1) is 5.41 Å².